The summed E-state index contributed by atoms with van der Waals surface area (Å²) in [6.07, 6.45) is 6.62. The Hall–Kier alpha value is -4.15. The molecule has 0 spiro atoms. The average molecular weight is 547 g/mol. The Morgan fingerprint density at radius 2 is 1.59 bits per heavy atom. The summed E-state index contributed by atoms with van der Waals surface area (Å²) in [5, 5.41) is 12.9. The van der Waals surface area contributed by atoms with Crippen LogP contribution >= 0.6 is 0 Å². The second kappa shape index (κ2) is 12.6. The molecule has 210 valence electrons. The van der Waals surface area contributed by atoms with E-state index in [1.807, 2.05) is 47.4 Å². The molecule has 7 heteroatoms. The van der Waals surface area contributed by atoms with Crippen molar-refractivity contribution in [1.82, 2.24) is 19.4 Å². The number of rotatable bonds is 8. The molecule has 1 aromatic heterocycles. The first-order valence-corrected chi connectivity index (χ1v) is 15.0. The fourth-order valence-corrected chi connectivity index (χ4v) is 6.08. The van der Waals surface area contributed by atoms with Crippen LogP contribution in [0.4, 0.5) is 5.95 Å². The first-order chi connectivity index (χ1) is 20.2. The van der Waals surface area contributed by atoms with E-state index in [1.54, 1.807) is 0 Å². The van der Waals surface area contributed by atoms with Gasteiger partial charge in [0.15, 0.2) is 0 Å². The minimum atomic E-state index is 0.177. The maximum absolute atomic E-state index is 12.8. The number of fused-ring (bicyclic) bond motifs is 1. The summed E-state index contributed by atoms with van der Waals surface area (Å²) in [7, 11) is 0. The van der Waals surface area contributed by atoms with Crippen molar-refractivity contribution >= 4 is 22.9 Å². The molecule has 3 heterocycles. The zero-order valence-corrected chi connectivity index (χ0v) is 23.6. The van der Waals surface area contributed by atoms with Crippen molar-refractivity contribution in [3.8, 4) is 6.07 Å². The predicted molar refractivity (Wildman–Crippen MR) is 163 cm³/mol. The van der Waals surface area contributed by atoms with Crippen LogP contribution in [0.2, 0.25) is 0 Å². The molecular formula is C34H38N6O. The molecule has 6 rings (SSSR count). The van der Waals surface area contributed by atoms with Gasteiger partial charge >= 0.3 is 0 Å². The van der Waals surface area contributed by atoms with Crippen LogP contribution in [0.15, 0.2) is 72.8 Å². The maximum Gasteiger partial charge on any atom is 0.253 e. The number of imidazole rings is 1. The minimum Gasteiger partial charge on any atom is -0.353 e. The van der Waals surface area contributed by atoms with E-state index < -0.39 is 0 Å². The van der Waals surface area contributed by atoms with E-state index in [2.05, 4.69) is 51.2 Å². The Morgan fingerprint density at radius 3 is 2.32 bits per heavy atom. The number of amides is 1. The number of hydrogen-bond donors (Lipinski definition) is 1. The molecule has 2 aliphatic heterocycles. The van der Waals surface area contributed by atoms with Crippen molar-refractivity contribution in [1.29, 1.82) is 5.26 Å². The van der Waals surface area contributed by atoms with Gasteiger partial charge in [0, 0.05) is 44.3 Å². The molecule has 2 aliphatic rings. The van der Waals surface area contributed by atoms with Gasteiger partial charge in [-0.3, -0.25) is 4.79 Å². The third-order valence-electron chi connectivity index (χ3n) is 8.56. The van der Waals surface area contributed by atoms with Crippen molar-refractivity contribution in [3.63, 3.8) is 0 Å². The van der Waals surface area contributed by atoms with Gasteiger partial charge < -0.3 is 19.7 Å². The second-order valence-electron chi connectivity index (χ2n) is 11.4. The van der Waals surface area contributed by atoms with Crippen LogP contribution < -0.4 is 5.32 Å². The second-order valence-corrected chi connectivity index (χ2v) is 11.4. The zero-order valence-electron chi connectivity index (χ0n) is 23.6. The fourth-order valence-electron chi connectivity index (χ4n) is 6.08. The first-order valence-electron chi connectivity index (χ1n) is 15.0. The smallest absolute Gasteiger partial charge is 0.253 e. The van der Waals surface area contributed by atoms with Gasteiger partial charge in [0.05, 0.1) is 29.2 Å². The Kier molecular flexibility index (Phi) is 8.29. The molecule has 0 radical (unpaired) electrons. The molecule has 0 saturated carbocycles. The summed E-state index contributed by atoms with van der Waals surface area (Å²) in [6, 6.07) is 26.9. The molecule has 1 amide bonds. The highest BCUT2D eigenvalue weighted by atomic mass is 16.2. The van der Waals surface area contributed by atoms with Gasteiger partial charge in [-0.2, -0.15) is 5.26 Å². The van der Waals surface area contributed by atoms with E-state index >= 15 is 0 Å². The zero-order chi connectivity index (χ0) is 28.0. The van der Waals surface area contributed by atoms with E-state index in [0.29, 0.717) is 18.2 Å². The topological polar surface area (TPSA) is 77.2 Å². The largest absolute Gasteiger partial charge is 0.353 e. The number of likely N-dealkylation sites (tertiary alicyclic amines) is 2. The van der Waals surface area contributed by atoms with Crippen molar-refractivity contribution in [2.75, 3.05) is 38.0 Å². The predicted octanol–water partition coefficient (Wildman–Crippen LogP) is 5.70. The van der Waals surface area contributed by atoms with E-state index in [1.165, 1.54) is 12.0 Å². The third-order valence-corrected chi connectivity index (χ3v) is 8.56. The standard InChI is InChI=1S/C34H38N6O/c35-24-27-8-10-28(11-9-27)25-40-32-7-3-2-6-31(32)37-34(40)36-30-17-22-38(23-18-30)21-16-26-12-14-29(15-13-26)33(41)39-19-4-1-5-20-39/h2-3,6-15,30H,1,4-5,16-23,25H2,(H,36,37). The summed E-state index contributed by atoms with van der Waals surface area (Å²) in [5.74, 6) is 1.09. The van der Waals surface area contributed by atoms with Gasteiger partial charge in [0.2, 0.25) is 5.95 Å². The molecule has 0 bridgehead atoms. The molecule has 0 aliphatic carbocycles. The summed E-state index contributed by atoms with van der Waals surface area (Å²) < 4.78 is 2.25. The fraction of sp³-hybridized carbons (Fsp3) is 0.382. The van der Waals surface area contributed by atoms with Crippen molar-refractivity contribution in [2.45, 2.75) is 51.1 Å². The Labute approximate surface area is 242 Å². The number of nitriles is 1. The third kappa shape index (κ3) is 6.44. The molecule has 4 aromatic rings. The lowest BCUT2D eigenvalue weighted by molar-refractivity contribution is 0.0724. The van der Waals surface area contributed by atoms with Crippen LogP contribution in [0.25, 0.3) is 11.0 Å². The lowest BCUT2D eigenvalue weighted by Crippen LogP contribution is -2.40. The first kappa shape index (κ1) is 27.0. The van der Waals surface area contributed by atoms with Crippen LogP contribution in [0.3, 0.4) is 0 Å². The van der Waals surface area contributed by atoms with Gasteiger partial charge in [0.1, 0.15) is 0 Å². The maximum atomic E-state index is 12.8. The van der Waals surface area contributed by atoms with Gasteiger partial charge in [-0.05, 0) is 86.1 Å². The highest BCUT2D eigenvalue weighted by molar-refractivity contribution is 5.94. The van der Waals surface area contributed by atoms with Gasteiger partial charge in [-0.25, -0.2) is 4.98 Å². The van der Waals surface area contributed by atoms with Crippen molar-refractivity contribution in [2.24, 2.45) is 0 Å². The molecule has 3 aromatic carbocycles. The number of nitrogens with zero attached hydrogens (tertiary/aromatic N) is 5. The van der Waals surface area contributed by atoms with Crippen LogP contribution in [-0.2, 0) is 13.0 Å². The number of anilines is 1. The van der Waals surface area contributed by atoms with E-state index in [-0.39, 0.29) is 5.91 Å². The monoisotopic (exact) mass is 546 g/mol. The van der Waals surface area contributed by atoms with Crippen molar-refractivity contribution in [3.05, 3.63) is 95.1 Å². The quantitative estimate of drug-likeness (QED) is 0.307. The Morgan fingerprint density at radius 1 is 0.878 bits per heavy atom. The highest BCUT2D eigenvalue weighted by Gasteiger charge is 2.22. The summed E-state index contributed by atoms with van der Waals surface area (Å²) in [6.45, 7) is 5.62. The molecule has 2 saturated heterocycles. The number of nitrogens with one attached hydrogen (secondary N) is 1. The molecule has 0 unspecified atom stereocenters. The number of carbonyl (C=O) groups is 1. The number of benzene rings is 3. The van der Waals surface area contributed by atoms with E-state index in [4.69, 9.17) is 10.2 Å². The average Bonchev–Trinajstić information content (AvgIpc) is 3.37. The number of hydrogen-bond acceptors (Lipinski definition) is 5. The van der Waals surface area contributed by atoms with Gasteiger partial charge in [0.25, 0.3) is 5.91 Å². The normalized spacial score (nSPS) is 16.5. The van der Waals surface area contributed by atoms with E-state index in [9.17, 15) is 4.79 Å². The van der Waals surface area contributed by atoms with Crippen LogP contribution in [0, 0.1) is 11.3 Å². The van der Waals surface area contributed by atoms with Crippen LogP contribution in [0.1, 0.15) is 59.2 Å². The molecule has 2 fully saturated rings. The number of carbonyl (C=O) groups excluding carboxylic acids is 1. The minimum absolute atomic E-state index is 0.177. The molecule has 7 nitrogen and oxygen atoms in total. The Bertz CT molecular complexity index is 1500. The summed E-state index contributed by atoms with van der Waals surface area (Å²) in [5.41, 5.74) is 6.03. The summed E-state index contributed by atoms with van der Waals surface area (Å²) >= 11 is 0. The number of aromatic nitrogens is 2. The van der Waals surface area contributed by atoms with E-state index in [0.717, 1.165) is 92.9 Å². The molecular weight excluding hydrogens is 508 g/mol. The molecule has 0 atom stereocenters. The van der Waals surface area contributed by atoms with Crippen LogP contribution in [-0.4, -0.2) is 64.0 Å². The SMILES string of the molecule is N#Cc1ccc(Cn2c(NC3CCN(CCc4ccc(C(=O)N5CCCCC5)cc4)CC3)nc3ccccc32)cc1. The van der Waals surface area contributed by atoms with Crippen LogP contribution in [0.5, 0.6) is 0 Å². The number of piperidine rings is 2. The lowest BCUT2D eigenvalue weighted by atomic mass is 10.0. The van der Waals surface area contributed by atoms with Gasteiger partial charge in [-0.15, -0.1) is 0 Å². The summed E-state index contributed by atoms with van der Waals surface area (Å²) in [4.78, 5) is 22.2. The number of para-hydroxylation sites is 2. The van der Waals surface area contributed by atoms with Gasteiger partial charge in [-0.1, -0.05) is 36.4 Å². The highest BCUT2D eigenvalue weighted by Crippen LogP contribution is 2.24. The molecule has 41 heavy (non-hydrogen) atoms. The molecule has 1 N–H and O–H groups in total. The van der Waals surface area contributed by atoms with Crippen molar-refractivity contribution < 1.29 is 4.79 Å². The lowest BCUT2D eigenvalue weighted by Gasteiger charge is -2.32. The Balaban J connectivity index is 1.02.